The summed E-state index contributed by atoms with van der Waals surface area (Å²) in [5.74, 6) is -0.419. The second kappa shape index (κ2) is 5.40. The quantitative estimate of drug-likeness (QED) is 0.920. The average molecular weight is 268 g/mol. The van der Waals surface area contributed by atoms with Crippen molar-refractivity contribution in [3.63, 3.8) is 0 Å². The summed E-state index contributed by atoms with van der Waals surface area (Å²) < 4.78 is 15.5. The van der Waals surface area contributed by atoms with Crippen LogP contribution in [0.4, 0.5) is 10.1 Å². The van der Waals surface area contributed by atoms with Crippen molar-refractivity contribution in [2.24, 2.45) is 7.05 Å². The third-order valence-corrected chi connectivity index (χ3v) is 3.09. The van der Waals surface area contributed by atoms with Crippen molar-refractivity contribution < 1.29 is 4.39 Å². The lowest BCUT2D eigenvalue weighted by Crippen LogP contribution is -2.06. The van der Waals surface area contributed by atoms with Gasteiger partial charge in [0.15, 0.2) is 5.82 Å². The Kier molecular flexibility index (Phi) is 3.87. The van der Waals surface area contributed by atoms with E-state index in [0.29, 0.717) is 12.2 Å². The van der Waals surface area contributed by atoms with Gasteiger partial charge in [0.2, 0.25) is 0 Å². The van der Waals surface area contributed by atoms with Crippen LogP contribution in [0.25, 0.3) is 0 Å². The number of hydrogen-bond donors (Lipinski definition) is 1. The Balaban J connectivity index is 2.11. The molecule has 0 unspecified atom stereocenters. The van der Waals surface area contributed by atoms with Crippen molar-refractivity contribution in [1.82, 2.24) is 9.78 Å². The largest absolute Gasteiger partial charge is 0.377 e. The lowest BCUT2D eigenvalue weighted by atomic mass is 10.2. The Morgan fingerprint density at radius 3 is 2.89 bits per heavy atom. The van der Waals surface area contributed by atoms with Crippen LogP contribution in [0.1, 0.15) is 18.3 Å². The van der Waals surface area contributed by atoms with E-state index in [0.717, 1.165) is 17.8 Å². The fourth-order valence-corrected chi connectivity index (χ4v) is 1.91. The topological polar surface area (TPSA) is 29.9 Å². The molecule has 1 aromatic heterocycles. The van der Waals surface area contributed by atoms with Crippen molar-refractivity contribution in [2.45, 2.75) is 19.9 Å². The molecule has 0 saturated heterocycles. The Bertz CT molecular complexity index is 551. The van der Waals surface area contributed by atoms with Crippen molar-refractivity contribution >= 4 is 17.3 Å². The molecule has 2 aromatic rings. The monoisotopic (exact) mass is 267 g/mol. The lowest BCUT2D eigenvalue weighted by Gasteiger charge is -2.08. The molecule has 0 aliphatic rings. The summed E-state index contributed by atoms with van der Waals surface area (Å²) >= 11 is 5.72. The fraction of sp³-hybridized carbons (Fsp3) is 0.308. The second-order valence-electron chi connectivity index (χ2n) is 4.06. The van der Waals surface area contributed by atoms with Gasteiger partial charge in [-0.15, -0.1) is 0 Å². The van der Waals surface area contributed by atoms with Gasteiger partial charge in [-0.3, -0.25) is 4.68 Å². The Morgan fingerprint density at radius 2 is 2.22 bits per heavy atom. The van der Waals surface area contributed by atoms with Gasteiger partial charge in [0, 0.05) is 7.05 Å². The van der Waals surface area contributed by atoms with Crippen LogP contribution in [-0.4, -0.2) is 9.78 Å². The van der Waals surface area contributed by atoms with Gasteiger partial charge >= 0.3 is 0 Å². The van der Waals surface area contributed by atoms with E-state index < -0.39 is 5.82 Å². The third-order valence-electron chi connectivity index (χ3n) is 2.80. The number of benzene rings is 1. The molecule has 2 rings (SSSR count). The van der Waals surface area contributed by atoms with Crippen LogP contribution in [0.5, 0.6) is 0 Å². The highest BCUT2D eigenvalue weighted by Crippen LogP contribution is 2.22. The molecule has 18 heavy (non-hydrogen) atoms. The van der Waals surface area contributed by atoms with Gasteiger partial charge in [-0.05, 0) is 24.6 Å². The fourth-order valence-electron chi connectivity index (χ4n) is 1.74. The molecule has 0 radical (unpaired) electrons. The zero-order valence-corrected chi connectivity index (χ0v) is 11.1. The van der Waals surface area contributed by atoms with E-state index in [-0.39, 0.29) is 5.02 Å². The standard InChI is InChI=1S/C13H15ClFN3/c1-3-9-7-10(18(2)17-9)8-16-12-6-4-5-11(14)13(12)15/h4-7,16H,3,8H2,1-2H3. The smallest absolute Gasteiger partial charge is 0.164 e. The van der Waals surface area contributed by atoms with E-state index in [1.54, 1.807) is 16.8 Å². The summed E-state index contributed by atoms with van der Waals surface area (Å²) in [6.45, 7) is 2.57. The van der Waals surface area contributed by atoms with Gasteiger partial charge in [-0.2, -0.15) is 5.10 Å². The number of halogens is 2. The van der Waals surface area contributed by atoms with Crippen molar-refractivity contribution in [3.05, 3.63) is 46.5 Å². The van der Waals surface area contributed by atoms with Crippen LogP contribution >= 0.6 is 11.6 Å². The molecular formula is C13H15ClFN3. The average Bonchev–Trinajstić information content (AvgIpc) is 2.72. The van der Waals surface area contributed by atoms with Crippen LogP contribution in [0.15, 0.2) is 24.3 Å². The molecule has 0 saturated carbocycles. The molecule has 1 aromatic carbocycles. The number of nitrogens with zero attached hydrogens (tertiary/aromatic N) is 2. The number of aromatic nitrogens is 2. The molecule has 3 nitrogen and oxygen atoms in total. The molecule has 0 aliphatic carbocycles. The first kappa shape index (κ1) is 12.9. The summed E-state index contributed by atoms with van der Waals surface area (Å²) in [6, 6.07) is 6.92. The summed E-state index contributed by atoms with van der Waals surface area (Å²) in [4.78, 5) is 0. The number of hydrogen-bond acceptors (Lipinski definition) is 2. The first-order valence-corrected chi connectivity index (χ1v) is 6.19. The maximum absolute atomic E-state index is 13.7. The predicted octanol–water partition coefficient (Wildman–Crippen LogP) is 3.39. The minimum Gasteiger partial charge on any atom is -0.377 e. The van der Waals surface area contributed by atoms with E-state index in [2.05, 4.69) is 17.3 Å². The molecule has 0 bridgehead atoms. The number of aryl methyl sites for hydroxylation is 2. The van der Waals surface area contributed by atoms with Gasteiger partial charge in [-0.1, -0.05) is 24.6 Å². The van der Waals surface area contributed by atoms with E-state index in [4.69, 9.17) is 11.6 Å². The predicted molar refractivity (Wildman–Crippen MR) is 71.3 cm³/mol. The number of nitrogens with one attached hydrogen (secondary N) is 1. The normalized spacial score (nSPS) is 10.7. The van der Waals surface area contributed by atoms with Crippen LogP contribution in [0.2, 0.25) is 5.02 Å². The van der Waals surface area contributed by atoms with Crippen LogP contribution in [-0.2, 0) is 20.0 Å². The summed E-state index contributed by atoms with van der Waals surface area (Å²) in [7, 11) is 1.88. The van der Waals surface area contributed by atoms with Crippen molar-refractivity contribution in [1.29, 1.82) is 0 Å². The first-order chi connectivity index (χ1) is 8.61. The second-order valence-corrected chi connectivity index (χ2v) is 4.47. The molecule has 0 atom stereocenters. The molecule has 1 N–H and O–H groups in total. The van der Waals surface area contributed by atoms with Gasteiger partial charge < -0.3 is 5.32 Å². The van der Waals surface area contributed by atoms with Crippen LogP contribution in [0.3, 0.4) is 0 Å². The summed E-state index contributed by atoms with van der Waals surface area (Å²) in [5, 5.41) is 7.49. The molecule has 1 heterocycles. The van der Waals surface area contributed by atoms with E-state index in [9.17, 15) is 4.39 Å². The SMILES string of the molecule is CCc1cc(CNc2cccc(Cl)c2F)n(C)n1. The minimum atomic E-state index is -0.419. The first-order valence-electron chi connectivity index (χ1n) is 5.81. The van der Waals surface area contributed by atoms with Gasteiger partial charge in [0.1, 0.15) is 0 Å². The van der Waals surface area contributed by atoms with Crippen molar-refractivity contribution in [3.8, 4) is 0 Å². The Hall–Kier alpha value is -1.55. The van der Waals surface area contributed by atoms with Crippen molar-refractivity contribution in [2.75, 3.05) is 5.32 Å². The zero-order valence-electron chi connectivity index (χ0n) is 10.4. The molecule has 0 amide bonds. The van der Waals surface area contributed by atoms with E-state index >= 15 is 0 Å². The van der Waals surface area contributed by atoms with Gasteiger partial charge in [-0.25, -0.2) is 4.39 Å². The molecule has 96 valence electrons. The number of anilines is 1. The Morgan fingerprint density at radius 1 is 1.44 bits per heavy atom. The Labute approximate surface area is 111 Å². The molecule has 0 aliphatic heterocycles. The lowest BCUT2D eigenvalue weighted by molar-refractivity contribution is 0.629. The maximum Gasteiger partial charge on any atom is 0.164 e. The molecule has 0 fully saturated rings. The molecule has 5 heteroatoms. The maximum atomic E-state index is 13.7. The highest BCUT2D eigenvalue weighted by molar-refractivity contribution is 6.31. The number of rotatable bonds is 4. The molecular weight excluding hydrogens is 253 g/mol. The van der Waals surface area contributed by atoms with Crippen LogP contribution in [0, 0.1) is 5.82 Å². The highest BCUT2D eigenvalue weighted by atomic mass is 35.5. The van der Waals surface area contributed by atoms with Crippen LogP contribution < -0.4 is 5.32 Å². The third kappa shape index (κ3) is 2.64. The summed E-state index contributed by atoms with van der Waals surface area (Å²) in [6.07, 6.45) is 0.888. The summed E-state index contributed by atoms with van der Waals surface area (Å²) in [5.41, 5.74) is 2.44. The van der Waals surface area contributed by atoms with Gasteiger partial charge in [0.25, 0.3) is 0 Å². The van der Waals surface area contributed by atoms with E-state index in [1.165, 1.54) is 6.07 Å². The highest BCUT2D eigenvalue weighted by Gasteiger charge is 2.07. The minimum absolute atomic E-state index is 0.124. The van der Waals surface area contributed by atoms with E-state index in [1.807, 2.05) is 13.1 Å². The molecule has 0 spiro atoms. The zero-order chi connectivity index (χ0) is 13.1. The van der Waals surface area contributed by atoms with Gasteiger partial charge in [0.05, 0.1) is 28.6 Å².